The molecule has 0 atom stereocenters. The first-order valence-electron chi connectivity index (χ1n) is 5.17. The van der Waals surface area contributed by atoms with Crippen molar-refractivity contribution in [3.63, 3.8) is 0 Å². The van der Waals surface area contributed by atoms with Crippen molar-refractivity contribution in [2.24, 2.45) is 0 Å². The Morgan fingerprint density at radius 1 is 1.47 bits per heavy atom. The lowest BCUT2D eigenvalue weighted by molar-refractivity contribution is -0.145. The second kappa shape index (κ2) is 7.45. The monoisotopic (exact) mass is 274 g/mol. The fourth-order valence-electron chi connectivity index (χ4n) is 1.19. The zero-order chi connectivity index (χ0) is 12.7. The van der Waals surface area contributed by atoms with Crippen LogP contribution in [0.25, 0.3) is 0 Å². The van der Waals surface area contributed by atoms with E-state index in [0.29, 0.717) is 17.4 Å². The Labute approximate surface area is 110 Å². The first-order valence-corrected chi connectivity index (χ1v) is 6.94. The van der Waals surface area contributed by atoms with E-state index in [1.165, 1.54) is 0 Å². The molecule has 0 fully saturated rings. The number of aryl methyl sites for hydroxylation is 1. The molecule has 0 aliphatic heterocycles. The zero-order valence-corrected chi connectivity index (χ0v) is 11.4. The third-order valence-electron chi connectivity index (χ3n) is 2.03. The van der Waals surface area contributed by atoms with Gasteiger partial charge in [-0.15, -0.1) is 0 Å². The Hall–Kier alpha value is -0.870. The fraction of sp³-hybridized carbons (Fsp3) is 0.417. The molecule has 1 aromatic rings. The van der Waals surface area contributed by atoms with E-state index in [9.17, 15) is 4.79 Å². The van der Waals surface area contributed by atoms with Crippen LogP contribution in [0, 0.1) is 6.92 Å². The van der Waals surface area contributed by atoms with E-state index >= 15 is 0 Å². The van der Waals surface area contributed by atoms with Gasteiger partial charge in [0.05, 0.1) is 0 Å². The van der Waals surface area contributed by atoms with E-state index in [2.05, 4.69) is 0 Å². The highest BCUT2D eigenvalue weighted by Gasteiger charge is 2.06. The highest BCUT2D eigenvalue weighted by molar-refractivity contribution is 7.98. The summed E-state index contributed by atoms with van der Waals surface area (Å²) in [5, 5.41) is 0.650. The third-order valence-corrected chi connectivity index (χ3v) is 2.84. The highest BCUT2D eigenvalue weighted by Crippen LogP contribution is 2.21. The van der Waals surface area contributed by atoms with Crippen LogP contribution < -0.4 is 4.74 Å². The van der Waals surface area contributed by atoms with Crippen molar-refractivity contribution in [2.45, 2.75) is 6.92 Å². The van der Waals surface area contributed by atoms with Crippen LogP contribution in [0.4, 0.5) is 0 Å². The van der Waals surface area contributed by atoms with Crippen molar-refractivity contribution < 1.29 is 14.3 Å². The molecule has 3 nitrogen and oxygen atoms in total. The van der Waals surface area contributed by atoms with E-state index in [4.69, 9.17) is 21.1 Å². The molecule has 0 heterocycles. The Morgan fingerprint density at radius 3 is 2.88 bits per heavy atom. The molecule has 0 radical (unpaired) electrons. The van der Waals surface area contributed by atoms with Crippen LogP contribution >= 0.6 is 23.4 Å². The molecule has 0 aliphatic carbocycles. The normalized spacial score (nSPS) is 10.1. The van der Waals surface area contributed by atoms with Crippen molar-refractivity contribution in [3.05, 3.63) is 28.8 Å². The maximum Gasteiger partial charge on any atom is 0.344 e. The van der Waals surface area contributed by atoms with Gasteiger partial charge in [-0.2, -0.15) is 11.8 Å². The summed E-state index contributed by atoms with van der Waals surface area (Å²) in [6.45, 7) is 2.22. The number of hydrogen-bond donors (Lipinski definition) is 0. The Balaban J connectivity index is 2.37. The van der Waals surface area contributed by atoms with Gasteiger partial charge >= 0.3 is 5.97 Å². The van der Waals surface area contributed by atoms with E-state index < -0.39 is 0 Å². The summed E-state index contributed by atoms with van der Waals surface area (Å²) in [7, 11) is 0. The quantitative estimate of drug-likeness (QED) is 0.590. The van der Waals surface area contributed by atoms with Gasteiger partial charge in [0.2, 0.25) is 0 Å². The van der Waals surface area contributed by atoms with Crippen molar-refractivity contribution in [3.8, 4) is 5.75 Å². The van der Waals surface area contributed by atoms with Crippen LogP contribution in [0.5, 0.6) is 5.75 Å². The van der Waals surface area contributed by atoms with Gasteiger partial charge in [0.15, 0.2) is 6.61 Å². The summed E-state index contributed by atoms with van der Waals surface area (Å²) >= 11 is 7.44. The number of thioether (sulfide) groups is 1. The van der Waals surface area contributed by atoms with Gasteiger partial charge in [-0.25, -0.2) is 4.79 Å². The Bertz CT molecular complexity index is 382. The van der Waals surface area contributed by atoms with Crippen molar-refractivity contribution >= 4 is 29.3 Å². The number of rotatable bonds is 6. The minimum atomic E-state index is -0.353. The number of carbonyl (C=O) groups excluding carboxylic acids is 1. The molecule has 0 saturated carbocycles. The summed E-state index contributed by atoms with van der Waals surface area (Å²) in [6, 6.07) is 5.26. The smallest absolute Gasteiger partial charge is 0.344 e. The van der Waals surface area contributed by atoms with Crippen molar-refractivity contribution in [2.75, 3.05) is 25.2 Å². The second-order valence-corrected chi connectivity index (χ2v) is 4.83. The molecule has 0 saturated heterocycles. The number of esters is 1. The molecule has 1 aromatic carbocycles. The summed E-state index contributed by atoms with van der Waals surface area (Å²) in [5.74, 6) is 1.09. The van der Waals surface area contributed by atoms with Crippen LogP contribution in [0.15, 0.2) is 18.2 Å². The van der Waals surface area contributed by atoms with E-state index in [-0.39, 0.29) is 12.6 Å². The molecule has 0 unspecified atom stereocenters. The molecule has 0 aromatic heterocycles. The summed E-state index contributed by atoms with van der Waals surface area (Å²) in [5.41, 5.74) is 0.898. The Morgan fingerprint density at radius 2 is 2.24 bits per heavy atom. The van der Waals surface area contributed by atoms with Crippen LogP contribution in [0.2, 0.25) is 5.02 Å². The van der Waals surface area contributed by atoms with Crippen LogP contribution in [0.3, 0.4) is 0 Å². The summed E-state index contributed by atoms with van der Waals surface area (Å²) in [4.78, 5) is 11.3. The average molecular weight is 275 g/mol. The number of hydrogen-bond acceptors (Lipinski definition) is 4. The molecule has 0 aliphatic rings. The fourth-order valence-corrected chi connectivity index (χ4v) is 1.67. The molecule has 94 valence electrons. The maximum absolute atomic E-state index is 11.3. The minimum absolute atomic E-state index is 0.0726. The molecule has 0 N–H and O–H groups in total. The number of benzene rings is 1. The maximum atomic E-state index is 11.3. The van der Waals surface area contributed by atoms with Gasteiger partial charge in [-0.3, -0.25) is 0 Å². The first-order chi connectivity index (χ1) is 8.13. The topological polar surface area (TPSA) is 35.5 Å². The van der Waals surface area contributed by atoms with Crippen LogP contribution in [-0.4, -0.2) is 31.2 Å². The number of ether oxygens (including phenoxy) is 2. The predicted octanol–water partition coefficient (Wildman–Crippen LogP) is 2.93. The van der Waals surface area contributed by atoms with E-state index in [1.54, 1.807) is 30.0 Å². The van der Waals surface area contributed by atoms with Gasteiger partial charge < -0.3 is 9.47 Å². The SMILES string of the molecule is CSCCOC(=O)COc1ccc(Cl)cc1C. The van der Waals surface area contributed by atoms with Crippen LogP contribution in [-0.2, 0) is 9.53 Å². The molecule has 0 amide bonds. The molecular formula is C12H15ClO3S. The molecule has 1 rings (SSSR count). The number of carbonyl (C=O) groups is 1. The van der Waals surface area contributed by atoms with Crippen LogP contribution in [0.1, 0.15) is 5.56 Å². The van der Waals surface area contributed by atoms with E-state index in [0.717, 1.165) is 11.3 Å². The van der Waals surface area contributed by atoms with Gasteiger partial charge in [0, 0.05) is 10.8 Å². The van der Waals surface area contributed by atoms with Gasteiger partial charge in [-0.1, -0.05) is 11.6 Å². The van der Waals surface area contributed by atoms with Gasteiger partial charge in [0.1, 0.15) is 12.4 Å². The average Bonchev–Trinajstić information content (AvgIpc) is 2.28. The lowest BCUT2D eigenvalue weighted by Gasteiger charge is -2.09. The van der Waals surface area contributed by atoms with Gasteiger partial charge in [-0.05, 0) is 36.9 Å². The molecule has 0 bridgehead atoms. The standard InChI is InChI=1S/C12H15ClO3S/c1-9-7-10(13)3-4-11(9)16-8-12(14)15-5-6-17-2/h3-4,7H,5-6,8H2,1-2H3. The van der Waals surface area contributed by atoms with Crippen molar-refractivity contribution in [1.29, 1.82) is 0 Å². The first kappa shape index (κ1) is 14.2. The van der Waals surface area contributed by atoms with Crippen molar-refractivity contribution in [1.82, 2.24) is 0 Å². The Kier molecular flexibility index (Phi) is 6.22. The zero-order valence-electron chi connectivity index (χ0n) is 9.86. The molecule has 5 heteroatoms. The third kappa shape index (κ3) is 5.33. The number of halogens is 1. The summed E-state index contributed by atoms with van der Waals surface area (Å²) in [6.07, 6.45) is 1.96. The van der Waals surface area contributed by atoms with E-state index in [1.807, 2.05) is 13.2 Å². The predicted molar refractivity (Wildman–Crippen MR) is 71.0 cm³/mol. The second-order valence-electron chi connectivity index (χ2n) is 3.41. The lowest BCUT2D eigenvalue weighted by Crippen LogP contribution is -2.16. The van der Waals surface area contributed by atoms with Gasteiger partial charge in [0.25, 0.3) is 0 Å². The molecular weight excluding hydrogens is 260 g/mol. The minimum Gasteiger partial charge on any atom is -0.482 e. The molecule has 17 heavy (non-hydrogen) atoms. The highest BCUT2D eigenvalue weighted by atomic mass is 35.5. The molecule has 0 spiro atoms. The summed E-state index contributed by atoms with van der Waals surface area (Å²) < 4.78 is 10.3. The lowest BCUT2D eigenvalue weighted by atomic mass is 10.2. The largest absolute Gasteiger partial charge is 0.482 e.